The van der Waals surface area contributed by atoms with Crippen LogP contribution in [0, 0.1) is 0 Å². The van der Waals surface area contributed by atoms with E-state index in [2.05, 4.69) is 15.3 Å². The van der Waals surface area contributed by atoms with Gasteiger partial charge in [-0.05, 0) is 49.6 Å². The lowest BCUT2D eigenvalue weighted by atomic mass is 9.97. The molecule has 0 radical (unpaired) electrons. The molecule has 1 aliphatic rings. The van der Waals surface area contributed by atoms with Crippen LogP contribution < -0.4 is 4.74 Å². The van der Waals surface area contributed by atoms with E-state index >= 15 is 0 Å². The molecule has 1 fully saturated rings. The van der Waals surface area contributed by atoms with Crippen molar-refractivity contribution in [2.45, 2.75) is 25.3 Å². The van der Waals surface area contributed by atoms with Gasteiger partial charge in [0.25, 0.3) is 5.91 Å². The number of aromatic nitrogens is 4. The summed E-state index contributed by atoms with van der Waals surface area (Å²) < 4.78 is 6.89. The fourth-order valence-electron chi connectivity index (χ4n) is 3.43. The molecule has 1 aromatic carbocycles. The second-order valence-electron chi connectivity index (χ2n) is 6.39. The fraction of sp³-hybridized carbons (Fsp3) is 0.316. The SMILES string of the molecule is COc1ccc(-n2ccc(C(=O)N3CCCC[C@H]3c3cn[nH]c3)n2)cc1. The number of ether oxygens (including phenoxy) is 1. The van der Waals surface area contributed by atoms with E-state index in [-0.39, 0.29) is 11.9 Å². The predicted molar refractivity (Wildman–Crippen MR) is 96.3 cm³/mol. The topological polar surface area (TPSA) is 76.0 Å². The molecule has 1 saturated heterocycles. The Morgan fingerprint density at radius 3 is 2.81 bits per heavy atom. The van der Waals surface area contributed by atoms with Gasteiger partial charge >= 0.3 is 0 Å². The van der Waals surface area contributed by atoms with Crippen LogP contribution in [0.1, 0.15) is 41.4 Å². The zero-order chi connectivity index (χ0) is 17.9. The van der Waals surface area contributed by atoms with Gasteiger partial charge in [-0.15, -0.1) is 0 Å². The largest absolute Gasteiger partial charge is 0.497 e. The lowest BCUT2D eigenvalue weighted by molar-refractivity contribution is 0.0605. The third kappa shape index (κ3) is 3.08. The van der Waals surface area contributed by atoms with Crippen molar-refractivity contribution in [1.82, 2.24) is 24.9 Å². The second kappa shape index (κ2) is 7.03. The molecule has 1 aliphatic heterocycles. The van der Waals surface area contributed by atoms with Crippen LogP contribution >= 0.6 is 0 Å². The van der Waals surface area contributed by atoms with Crippen LogP contribution in [0.2, 0.25) is 0 Å². The van der Waals surface area contributed by atoms with Crippen molar-refractivity contribution in [3.05, 3.63) is 60.2 Å². The van der Waals surface area contributed by atoms with Gasteiger partial charge in [0.1, 0.15) is 5.75 Å². The third-order valence-corrected chi connectivity index (χ3v) is 4.81. The average Bonchev–Trinajstić information content (AvgIpc) is 3.40. The molecule has 1 N–H and O–H groups in total. The summed E-state index contributed by atoms with van der Waals surface area (Å²) in [6.07, 6.45) is 8.55. The highest BCUT2D eigenvalue weighted by molar-refractivity contribution is 5.92. The van der Waals surface area contributed by atoms with E-state index in [4.69, 9.17) is 4.74 Å². The second-order valence-corrected chi connectivity index (χ2v) is 6.39. The van der Waals surface area contributed by atoms with Crippen molar-refractivity contribution in [3.8, 4) is 11.4 Å². The summed E-state index contributed by atoms with van der Waals surface area (Å²) in [7, 11) is 1.63. The molecular weight excluding hydrogens is 330 g/mol. The smallest absolute Gasteiger partial charge is 0.274 e. The lowest BCUT2D eigenvalue weighted by Gasteiger charge is -2.34. The Hall–Kier alpha value is -3.09. The van der Waals surface area contributed by atoms with Crippen molar-refractivity contribution < 1.29 is 9.53 Å². The monoisotopic (exact) mass is 351 g/mol. The van der Waals surface area contributed by atoms with Gasteiger partial charge in [-0.1, -0.05) is 0 Å². The first-order valence-corrected chi connectivity index (χ1v) is 8.76. The number of carbonyl (C=O) groups excluding carboxylic acids is 1. The number of amides is 1. The van der Waals surface area contributed by atoms with E-state index in [9.17, 15) is 4.79 Å². The summed E-state index contributed by atoms with van der Waals surface area (Å²) in [5.41, 5.74) is 2.39. The average molecular weight is 351 g/mol. The number of aromatic amines is 1. The van der Waals surface area contributed by atoms with Gasteiger partial charge in [0.2, 0.25) is 0 Å². The first kappa shape index (κ1) is 16.4. The minimum absolute atomic E-state index is 0.0387. The number of carbonyl (C=O) groups is 1. The number of nitrogens with zero attached hydrogens (tertiary/aromatic N) is 4. The summed E-state index contributed by atoms with van der Waals surface area (Å²) in [4.78, 5) is 15.0. The molecular formula is C19H21N5O2. The van der Waals surface area contributed by atoms with Gasteiger partial charge in [0, 0.05) is 24.5 Å². The molecule has 1 amide bonds. The van der Waals surface area contributed by atoms with E-state index in [0.717, 1.165) is 42.8 Å². The minimum Gasteiger partial charge on any atom is -0.497 e. The molecule has 26 heavy (non-hydrogen) atoms. The van der Waals surface area contributed by atoms with Crippen molar-refractivity contribution in [2.24, 2.45) is 0 Å². The van der Waals surface area contributed by atoms with Gasteiger partial charge in [-0.25, -0.2) is 4.68 Å². The van der Waals surface area contributed by atoms with E-state index in [0.29, 0.717) is 5.69 Å². The van der Waals surface area contributed by atoms with Crippen LogP contribution in [-0.4, -0.2) is 44.4 Å². The Morgan fingerprint density at radius 2 is 2.08 bits per heavy atom. The number of benzene rings is 1. The maximum atomic E-state index is 13.0. The summed E-state index contributed by atoms with van der Waals surface area (Å²) in [6, 6.07) is 9.40. The lowest BCUT2D eigenvalue weighted by Crippen LogP contribution is -2.38. The first-order valence-electron chi connectivity index (χ1n) is 8.76. The molecule has 4 rings (SSSR count). The molecule has 7 heteroatoms. The van der Waals surface area contributed by atoms with Gasteiger partial charge in [-0.3, -0.25) is 9.89 Å². The molecule has 3 heterocycles. The molecule has 0 aliphatic carbocycles. The zero-order valence-electron chi connectivity index (χ0n) is 14.6. The maximum absolute atomic E-state index is 13.0. The molecule has 0 spiro atoms. The number of rotatable bonds is 4. The summed E-state index contributed by atoms with van der Waals surface area (Å²) in [5.74, 6) is 0.747. The Morgan fingerprint density at radius 1 is 1.23 bits per heavy atom. The number of H-pyrrole nitrogens is 1. The number of likely N-dealkylation sites (tertiary alicyclic amines) is 1. The van der Waals surface area contributed by atoms with Crippen molar-refractivity contribution in [2.75, 3.05) is 13.7 Å². The molecule has 1 atom stereocenters. The number of methoxy groups -OCH3 is 1. The van der Waals surface area contributed by atoms with Crippen LogP contribution in [0.5, 0.6) is 5.75 Å². The quantitative estimate of drug-likeness (QED) is 0.784. The third-order valence-electron chi connectivity index (χ3n) is 4.81. The normalized spacial score (nSPS) is 17.3. The van der Waals surface area contributed by atoms with E-state index in [1.54, 1.807) is 24.1 Å². The molecule has 2 aromatic heterocycles. The maximum Gasteiger partial charge on any atom is 0.274 e. The van der Waals surface area contributed by atoms with Gasteiger partial charge in [0.05, 0.1) is 25.0 Å². The number of hydrogen-bond donors (Lipinski definition) is 1. The first-order chi connectivity index (χ1) is 12.8. The van der Waals surface area contributed by atoms with Gasteiger partial charge in [0.15, 0.2) is 5.69 Å². The van der Waals surface area contributed by atoms with Crippen molar-refractivity contribution in [3.63, 3.8) is 0 Å². The summed E-state index contributed by atoms with van der Waals surface area (Å²) in [5, 5.41) is 11.4. The van der Waals surface area contributed by atoms with E-state index in [1.807, 2.05) is 41.6 Å². The van der Waals surface area contributed by atoms with E-state index < -0.39 is 0 Å². The molecule has 7 nitrogen and oxygen atoms in total. The highest BCUT2D eigenvalue weighted by Gasteiger charge is 2.30. The number of piperidine rings is 1. The minimum atomic E-state index is -0.0387. The summed E-state index contributed by atoms with van der Waals surface area (Å²) in [6.45, 7) is 0.740. The zero-order valence-corrected chi connectivity index (χ0v) is 14.6. The fourth-order valence-corrected chi connectivity index (χ4v) is 3.43. The standard InChI is InChI=1S/C19H21N5O2/c1-26-16-7-5-15(6-8-16)24-11-9-17(22-24)19(25)23-10-3-2-4-18(23)14-12-20-21-13-14/h5-9,11-13,18H,2-4,10H2,1H3,(H,20,21)/t18-/m0/s1. The molecule has 0 saturated carbocycles. The molecule has 0 bridgehead atoms. The Labute approximate surface area is 151 Å². The molecule has 134 valence electrons. The molecule has 0 unspecified atom stereocenters. The van der Waals surface area contributed by atoms with Crippen molar-refractivity contribution in [1.29, 1.82) is 0 Å². The highest BCUT2D eigenvalue weighted by atomic mass is 16.5. The molecule has 3 aromatic rings. The summed E-state index contributed by atoms with van der Waals surface area (Å²) >= 11 is 0. The van der Waals surface area contributed by atoms with Crippen LogP contribution in [0.4, 0.5) is 0 Å². The number of hydrogen-bond acceptors (Lipinski definition) is 4. The Balaban J connectivity index is 1.56. The van der Waals surface area contributed by atoms with Gasteiger partial charge < -0.3 is 9.64 Å². The Kier molecular flexibility index (Phi) is 4.43. The van der Waals surface area contributed by atoms with Crippen molar-refractivity contribution >= 4 is 5.91 Å². The predicted octanol–water partition coefficient (Wildman–Crippen LogP) is 2.97. The highest BCUT2D eigenvalue weighted by Crippen LogP contribution is 2.31. The van der Waals surface area contributed by atoms with Crippen LogP contribution in [-0.2, 0) is 0 Å². The Bertz CT molecular complexity index is 870. The van der Waals surface area contributed by atoms with Crippen LogP contribution in [0.25, 0.3) is 5.69 Å². The van der Waals surface area contributed by atoms with E-state index in [1.165, 1.54) is 0 Å². The van der Waals surface area contributed by atoms with Crippen LogP contribution in [0.3, 0.4) is 0 Å². The number of nitrogens with one attached hydrogen (secondary N) is 1. The van der Waals surface area contributed by atoms with Crippen LogP contribution in [0.15, 0.2) is 48.9 Å². The van der Waals surface area contributed by atoms with Gasteiger partial charge in [-0.2, -0.15) is 10.2 Å².